The van der Waals surface area contributed by atoms with Gasteiger partial charge in [-0.1, -0.05) is 55.8 Å². The summed E-state index contributed by atoms with van der Waals surface area (Å²) in [6.07, 6.45) is 1.71. The van der Waals surface area contributed by atoms with Gasteiger partial charge >= 0.3 is 5.97 Å². The molecule has 0 fully saturated rings. The summed E-state index contributed by atoms with van der Waals surface area (Å²) in [5.41, 5.74) is 6.39. The molecule has 5 heteroatoms. The first kappa shape index (κ1) is 19.0. The summed E-state index contributed by atoms with van der Waals surface area (Å²) in [5, 5.41) is 2.13. The molecule has 1 N–H and O–H groups in total. The van der Waals surface area contributed by atoms with E-state index in [1.54, 1.807) is 0 Å². The molecule has 1 heterocycles. The number of hydrogen-bond acceptors (Lipinski definition) is 4. The first-order valence-electron chi connectivity index (χ1n) is 8.37. The highest BCUT2D eigenvalue weighted by atomic mass is 79.9. The van der Waals surface area contributed by atoms with Crippen molar-refractivity contribution in [2.75, 3.05) is 13.7 Å². The Morgan fingerprint density at radius 3 is 2.42 bits per heavy atom. The van der Waals surface area contributed by atoms with Crippen LogP contribution in [-0.2, 0) is 16.0 Å². The minimum atomic E-state index is -0.242. The van der Waals surface area contributed by atoms with Crippen LogP contribution in [0.1, 0.15) is 39.7 Å². The molecule has 24 heavy (non-hydrogen) atoms. The van der Waals surface area contributed by atoms with Gasteiger partial charge in [0.15, 0.2) is 0 Å². The molecule has 0 amide bonds. The van der Waals surface area contributed by atoms with Crippen LogP contribution in [0.3, 0.4) is 0 Å². The minimum Gasteiger partial charge on any atom is -0.466 e. The number of methoxy groups -OCH3 is 1. The van der Waals surface area contributed by atoms with E-state index in [1.165, 1.54) is 12.7 Å². The van der Waals surface area contributed by atoms with Crippen LogP contribution >= 0.6 is 15.9 Å². The van der Waals surface area contributed by atoms with Gasteiger partial charge in [-0.05, 0) is 29.5 Å². The Bertz CT molecular complexity index is 617. The number of halogens is 1. The van der Waals surface area contributed by atoms with Crippen molar-refractivity contribution >= 4 is 21.9 Å². The van der Waals surface area contributed by atoms with Crippen molar-refractivity contribution in [2.24, 2.45) is 5.41 Å². The predicted molar refractivity (Wildman–Crippen MR) is 100 cm³/mol. The number of hydrazine groups is 1. The van der Waals surface area contributed by atoms with Crippen molar-refractivity contribution < 1.29 is 9.53 Å². The zero-order chi connectivity index (χ0) is 17.9. The zero-order valence-corrected chi connectivity index (χ0v) is 16.7. The van der Waals surface area contributed by atoms with Gasteiger partial charge in [-0.15, -0.1) is 0 Å². The molecule has 2 rings (SSSR count). The van der Waals surface area contributed by atoms with E-state index in [1.807, 2.05) is 12.1 Å². The molecular weight excluding hydrogens is 368 g/mol. The maximum absolute atomic E-state index is 12.5. The molecule has 1 aromatic carbocycles. The zero-order valence-electron chi connectivity index (χ0n) is 15.1. The van der Waals surface area contributed by atoms with Gasteiger partial charge in [0.05, 0.1) is 18.7 Å². The molecule has 0 saturated carbocycles. The number of ether oxygens (including phenoxy) is 1. The highest BCUT2D eigenvalue weighted by Crippen LogP contribution is 2.35. The smallest absolute Gasteiger partial charge is 0.337 e. The lowest BCUT2D eigenvalue weighted by Gasteiger charge is -2.30. The van der Waals surface area contributed by atoms with Crippen LogP contribution in [0, 0.1) is 5.41 Å². The molecule has 0 aliphatic carbocycles. The van der Waals surface area contributed by atoms with E-state index >= 15 is 0 Å². The molecule has 0 spiro atoms. The molecular formula is C19H27BrN2O2. The average Bonchev–Trinajstić information content (AvgIpc) is 2.88. The van der Waals surface area contributed by atoms with Gasteiger partial charge in [-0.2, -0.15) is 0 Å². The van der Waals surface area contributed by atoms with Crippen molar-refractivity contribution in [3.05, 3.63) is 45.6 Å². The first-order chi connectivity index (χ1) is 11.3. The van der Waals surface area contributed by atoms with Crippen molar-refractivity contribution in [3.63, 3.8) is 0 Å². The minimum absolute atomic E-state index is 0.0538. The van der Waals surface area contributed by atoms with Crippen molar-refractivity contribution in [1.82, 2.24) is 10.4 Å². The number of rotatable bonds is 5. The van der Waals surface area contributed by atoms with E-state index in [-0.39, 0.29) is 17.4 Å². The normalized spacial score (nSPS) is 18.2. The third-order valence-corrected chi connectivity index (χ3v) is 4.74. The Morgan fingerprint density at radius 1 is 1.29 bits per heavy atom. The topological polar surface area (TPSA) is 41.6 Å². The van der Waals surface area contributed by atoms with E-state index in [2.05, 4.69) is 66.2 Å². The Labute approximate surface area is 153 Å². The molecule has 1 aromatic rings. The van der Waals surface area contributed by atoms with Gasteiger partial charge in [0, 0.05) is 23.1 Å². The highest BCUT2D eigenvalue weighted by Gasteiger charge is 2.41. The summed E-state index contributed by atoms with van der Waals surface area (Å²) in [6, 6.07) is 8.17. The third-order valence-electron chi connectivity index (χ3n) is 4.21. The molecule has 0 radical (unpaired) electrons. The molecule has 1 unspecified atom stereocenters. The second-order valence-electron chi connectivity index (χ2n) is 7.23. The molecule has 132 valence electrons. The van der Waals surface area contributed by atoms with Crippen LogP contribution in [0.15, 0.2) is 40.0 Å². The summed E-state index contributed by atoms with van der Waals surface area (Å²) < 4.78 is 6.15. The van der Waals surface area contributed by atoms with E-state index < -0.39 is 0 Å². The SMILES string of the molecule is CCCN1NC(C(C)(C)C)C(C(=O)OC)=C1Cc1ccc(Br)cc1. The number of allylic oxidation sites excluding steroid dienone is 1. The third kappa shape index (κ3) is 4.19. The fourth-order valence-corrected chi connectivity index (χ4v) is 3.26. The fourth-order valence-electron chi connectivity index (χ4n) is 2.99. The number of hydrogen-bond donors (Lipinski definition) is 1. The maximum atomic E-state index is 12.5. The van der Waals surface area contributed by atoms with Gasteiger partial charge in [0.25, 0.3) is 0 Å². The number of carbonyl (C=O) groups excluding carboxylic acids is 1. The quantitative estimate of drug-likeness (QED) is 0.764. The highest BCUT2D eigenvalue weighted by molar-refractivity contribution is 9.10. The summed E-state index contributed by atoms with van der Waals surface area (Å²) in [6.45, 7) is 9.42. The van der Waals surface area contributed by atoms with Crippen LogP contribution in [0.25, 0.3) is 0 Å². The standard InChI is InChI=1S/C19H27BrN2O2/c1-6-11-22-15(12-13-7-9-14(20)10-8-13)16(18(23)24-5)17(21-22)19(2,3)4/h7-10,17,21H,6,11-12H2,1-5H3. The first-order valence-corrected chi connectivity index (χ1v) is 9.16. The second kappa shape index (κ2) is 7.70. The van der Waals surface area contributed by atoms with Gasteiger partial charge in [-0.25, -0.2) is 10.2 Å². The van der Waals surface area contributed by atoms with Crippen molar-refractivity contribution in [3.8, 4) is 0 Å². The lowest BCUT2D eigenvalue weighted by molar-refractivity contribution is -0.136. The summed E-state index contributed by atoms with van der Waals surface area (Å²) in [4.78, 5) is 12.5. The van der Waals surface area contributed by atoms with Crippen LogP contribution in [-0.4, -0.2) is 30.7 Å². The lowest BCUT2D eigenvalue weighted by atomic mass is 9.82. The fraction of sp³-hybridized carbons (Fsp3) is 0.526. The van der Waals surface area contributed by atoms with Crippen molar-refractivity contribution in [1.29, 1.82) is 0 Å². The molecule has 0 aromatic heterocycles. The van der Waals surface area contributed by atoms with Crippen LogP contribution in [0.5, 0.6) is 0 Å². The number of nitrogens with one attached hydrogen (secondary N) is 1. The Hall–Kier alpha value is -1.33. The lowest BCUT2D eigenvalue weighted by Crippen LogP contribution is -2.45. The van der Waals surface area contributed by atoms with Crippen LogP contribution in [0.2, 0.25) is 0 Å². The number of benzene rings is 1. The summed E-state index contributed by atoms with van der Waals surface area (Å²) in [7, 11) is 1.45. The Balaban J connectivity index is 2.46. The molecule has 1 aliphatic rings. The molecule has 1 aliphatic heterocycles. The Kier molecular flexibility index (Phi) is 6.10. The number of carbonyl (C=O) groups is 1. The van der Waals surface area contributed by atoms with E-state index in [0.717, 1.165) is 28.7 Å². The van der Waals surface area contributed by atoms with Crippen LogP contribution in [0.4, 0.5) is 0 Å². The number of nitrogens with zero attached hydrogens (tertiary/aromatic N) is 1. The van der Waals surface area contributed by atoms with Gasteiger partial charge in [0.1, 0.15) is 0 Å². The largest absolute Gasteiger partial charge is 0.466 e. The van der Waals surface area contributed by atoms with Crippen molar-refractivity contribution in [2.45, 2.75) is 46.6 Å². The monoisotopic (exact) mass is 394 g/mol. The molecule has 4 nitrogen and oxygen atoms in total. The maximum Gasteiger partial charge on any atom is 0.337 e. The second-order valence-corrected chi connectivity index (χ2v) is 8.15. The average molecular weight is 395 g/mol. The van der Waals surface area contributed by atoms with Crippen LogP contribution < -0.4 is 5.43 Å². The van der Waals surface area contributed by atoms with E-state index in [0.29, 0.717) is 6.42 Å². The number of esters is 1. The Morgan fingerprint density at radius 2 is 1.92 bits per heavy atom. The molecule has 0 saturated heterocycles. The predicted octanol–water partition coefficient (Wildman–Crippen LogP) is 4.06. The summed E-state index contributed by atoms with van der Waals surface area (Å²) in [5.74, 6) is -0.242. The van der Waals surface area contributed by atoms with Gasteiger partial charge in [0.2, 0.25) is 0 Å². The summed E-state index contributed by atoms with van der Waals surface area (Å²) >= 11 is 3.47. The van der Waals surface area contributed by atoms with Gasteiger partial charge in [-0.3, -0.25) is 0 Å². The van der Waals surface area contributed by atoms with Gasteiger partial charge < -0.3 is 9.75 Å². The van der Waals surface area contributed by atoms with E-state index in [9.17, 15) is 4.79 Å². The molecule has 1 atom stereocenters. The molecule has 0 bridgehead atoms. The van der Waals surface area contributed by atoms with E-state index in [4.69, 9.17) is 4.74 Å².